The third kappa shape index (κ3) is 4.37. The normalized spacial score (nSPS) is 21.7. The molecule has 6 nitrogen and oxygen atoms in total. The van der Waals surface area contributed by atoms with Crippen LogP contribution in [0.25, 0.3) is 10.9 Å². The van der Waals surface area contributed by atoms with Gasteiger partial charge in [-0.15, -0.1) is 0 Å². The largest absolute Gasteiger partial charge is 0.378 e. The number of nitrogens with one attached hydrogen (secondary N) is 1. The molecule has 1 aliphatic heterocycles. The van der Waals surface area contributed by atoms with Crippen LogP contribution in [0.4, 0.5) is 0 Å². The van der Waals surface area contributed by atoms with Gasteiger partial charge in [-0.2, -0.15) is 0 Å². The average Bonchev–Trinajstić information content (AvgIpc) is 2.53. The summed E-state index contributed by atoms with van der Waals surface area (Å²) < 4.78 is 31.2. The SMILES string of the molecule is CS(=O)(=O)NC1CCOC(Cc2ccc3nc(C=O)ccc3c2)C1. The fourth-order valence-electron chi connectivity index (χ4n) is 3.08. The maximum Gasteiger partial charge on any atom is 0.208 e. The number of aromatic nitrogens is 1. The molecule has 1 aromatic carbocycles. The van der Waals surface area contributed by atoms with E-state index in [9.17, 15) is 13.2 Å². The van der Waals surface area contributed by atoms with E-state index in [0.29, 0.717) is 31.6 Å². The van der Waals surface area contributed by atoms with E-state index in [4.69, 9.17) is 4.74 Å². The number of nitrogens with zero attached hydrogens (tertiary/aromatic N) is 1. The van der Waals surface area contributed by atoms with Crippen molar-refractivity contribution in [2.24, 2.45) is 0 Å². The first-order chi connectivity index (χ1) is 11.4. The minimum Gasteiger partial charge on any atom is -0.378 e. The number of hydrogen-bond donors (Lipinski definition) is 1. The van der Waals surface area contributed by atoms with Crippen molar-refractivity contribution >= 4 is 27.2 Å². The second-order valence-electron chi connectivity index (χ2n) is 6.19. The van der Waals surface area contributed by atoms with Crippen molar-refractivity contribution < 1.29 is 17.9 Å². The Labute approximate surface area is 141 Å². The lowest BCUT2D eigenvalue weighted by molar-refractivity contribution is 0.00613. The Bertz CT molecular complexity index is 851. The molecule has 1 saturated heterocycles. The van der Waals surface area contributed by atoms with Crippen molar-refractivity contribution in [3.8, 4) is 0 Å². The first kappa shape index (κ1) is 17.0. The van der Waals surface area contributed by atoms with Crippen molar-refractivity contribution in [1.29, 1.82) is 0 Å². The van der Waals surface area contributed by atoms with Gasteiger partial charge in [-0.05, 0) is 43.0 Å². The van der Waals surface area contributed by atoms with Gasteiger partial charge in [0.2, 0.25) is 10.0 Å². The number of rotatable bonds is 5. The zero-order valence-corrected chi connectivity index (χ0v) is 14.3. The van der Waals surface area contributed by atoms with E-state index in [1.165, 1.54) is 6.26 Å². The Morgan fingerprint density at radius 3 is 2.92 bits per heavy atom. The number of ether oxygens (including phenoxy) is 1. The molecule has 0 spiro atoms. The summed E-state index contributed by atoms with van der Waals surface area (Å²) >= 11 is 0. The molecule has 0 bridgehead atoms. The Hall–Kier alpha value is -1.83. The van der Waals surface area contributed by atoms with Gasteiger partial charge in [-0.25, -0.2) is 18.1 Å². The lowest BCUT2D eigenvalue weighted by atomic mass is 9.97. The molecule has 24 heavy (non-hydrogen) atoms. The Morgan fingerprint density at radius 1 is 1.33 bits per heavy atom. The van der Waals surface area contributed by atoms with Gasteiger partial charge in [0.15, 0.2) is 6.29 Å². The molecule has 2 unspecified atom stereocenters. The molecule has 0 amide bonds. The standard InChI is InChI=1S/C17H20N2O4S/c1-24(21,22)19-14-6-7-23-16(10-14)9-12-2-5-17-13(8-12)3-4-15(11-20)18-17/h2-5,8,11,14,16,19H,6-7,9-10H2,1H3. The fourth-order valence-corrected chi connectivity index (χ4v) is 3.90. The van der Waals surface area contributed by atoms with Crippen LogP contribution in [0, 0.1) is 0 Å². The summed E-state index contributed by atoms with van der Waals surface area (Å²) in [6, 6.07) is 9.41. The van der Waals surface area contributed by atoms with E-state index < -0.39 is 10.0 Å². The van der Waals surface area contributed by atoms with Gasteiger partial charge < -0.3 is 4.74 Å². The molecule has 0 radical (unpaired) electrons. The molecular formula is C17H20N2O4S. The zero-order chi connectivity index (χ0) is 17.2. The quantitative estimate of drug-likeness (QED) is 0.831. The molecule has 2 heterocycles. The first-order valence-electron chi connectivity index (χ1n) is 7.87. The summed E-state index contributed by atoms with van der Waals surface area (Å²) in [6.07, 6.45) is 3.97. The van der Waals surface area contributed by atoms with Crippen LogP contribution in [0.5, 0.6) is 0 Å². The average molecular weight is 348 g/mol. The minimum atomic E-state index is -3.20. The van der Waals surface area contributed by atoms with Gasteiger partial charge in [0, 0.05) is 18.0 Å². The molecule has 0 aliphatic carbocycles. The van der Waals surface area contributed by atoms with Crippen LogP contribution in [0.3, 0.4) is 0 Å². The van der Waals surface area contributed by atoms with Crippen LogP contribution >= 0.6 is 0 Å². The van der Waals surface area contributed by atoms with E-state index >= 15 is 0 Å². The van der Waals surface area contributed by atoms with Crippen LogP contribution in [0.15, 0.2) is 30.3 Å². The molecule has 1 N–H and O–H groups in total. The van der Waals surface area contributed by atoms with Crippen molar-refractivity contribution in [3.05, 3.63) is 41.6 Å². The minimum absolute atomic E-state index is 0.0161. The van der Waals surface area contributed by atoms with E-state index in [1.54, 1.807) is 6.07 Å². The van der Waals surface area contributed by atoms with E-state index in [1.807, 2.05) is 24.3 Å². The second-order valence-corrected chi connectivity index (χ2v) is 7.97. The van der Waals surface area contributed by atoms with Crippen molar-refractivity contribution in [1.82, 2.24) is 9.71 Å². The Kier molecular flexibility index (Phi) is 4.93. The number of carbonyl (C=O) groups excluding carboxylic acids is 1. The maximum atomic E-state index is 11.4. The molecule has 2 aromatic rings. The zero-order valence-electron chi connectivity index (χ0n) is 13.4. The first-order valence-corrected chi connectivity index (χ1v) is 9.76. The van der Waals surface area contributed by atoms with E-state index in [2.05, 4.69) is 9.71 Å². The number of sulfonamides is 1. The monoisotopic (exact) mass is 348 g/mol. The maximum absolute atomic E-state index is 11.4. The topological polar surface area (TPSA) is 85.4 Å². The summed E-state index contributed by atoms with van der Waals surface area (Å²) in [5.41, 5.74) is 2.30. The van der Waals surface area contributed by atoms with Crippen LogP contribution in [0.2, 0.25) is 0 Å². The highest BCUT2D eigenvalue weighted by molar-refractivity contribution is 7.88. The van der Waals surface area contributed by atoms with Crippen molar-refractivity contribution in [2.75, 3.05) is 12.9 Å². The van der Waals surface area contributed by atoms with E-state index in [-0.39, 0.29) is 12.1 Å². The van der Waals surface area contributed by atoms with Crippen LogP contribution < -0.4 is 4.72 Å². The summed E-state index contributed by atoms with van der Waals surface area (Å²) in [7, 11) is -3.20. The predicted octanol–water partition coefficient (Wildman–Crippen LogP) is 1.69. The predicted molar refractivity (Wildman–Crippen MR) is 91.6 cm³/mol. The Morgan fingerprint density at radius 2 is 2.17 bits per heavy atom. The number of aldehydes is 1. The van der Waals surface area contributed by atoms with Gasteiger partial charge >= 0.3 is 0 Å². The number of hydrogen-bond acceptors (Lipinski definition) is 5. The summed E-state index contributed by atoms with van der Waals surface area (Å²) in [4.78, 5) is 15.0. The number of carbonyl (C=O) groups is 1. The van der Waals surface area contributed by atoms with Crippen LogP contribution in [-0.2, 0) is 21.2 Å². The number of benzene rings is 1. The second kappa shape index (κ2) is 6.96. The van der Waals surface area contributed by atoms with E-state index in [0.717, 1.165) is 22.8 Å². The molecule has 1 aliphatic rings. The molecule has 7 heteroatoms. The highest BCUT2D eigenvalue weighted by Crippen LogP contribution is 2.21. The van der Waals surface area contributed by atoms with Crippen molar-refractivity contribution in [3.63, 3.8) is 0 Å². The van der Waals surface area contributed by atoms with Crippen LogP contribution in [-0.4, -0.2) is 44.7 Å². The summed E-state index contributed by atoms with van der Waals surface area (Å²) in [6.45, 7) is 0.551. The third-order valence-corrected chi connectivity index (χ3v) is 4.87. The molecule has 1 fully saturated rings. The lowest BCUT2D eigenvalue weighted by Gasteiger charge is -2.29. The number of fused-ring (bicyclic) bond motifs is 1. The van der Waals surface area contributed by atoms with Gasteiger partial charge in [-0.3, -0.25) is 4.79 Å². The fraction of sp³-hybridized carbons (Fsp3) is 0.412. The summed E-state index contributed by atoms with van der Waals surface area (Å²) in [5.74, 6) is 0. The van der Waals surface area contributed by atoms with Crippen molar-refractivity contribution in [2.45, 2.75) is 31.4 Å². The van der Waals surface area contributed by atoms with Gasteiger partial charge in [0.25, 0.3) is 0 Å². The smallest absolute Gasteiger partial charge is 0.208 e. The molecular weight excluding hydrogens is 328 g/mol. The Balaban J connectivity index is 1.71. The highest BCUT2D eigenvalue weighted by Gasteiger charge is 2.24. The van der Waals surface area contributed by atoms with Crippen LogP contribution in [0.1, 0.15) is 28.9 Å². The van der Waals surface area contributed by atoms with Gasteiger partial charge in [0.05, 0.1) is 17.9 Å². The molecule has 1 aromatic heterocycles. The molecule has 0 saturated carbocycles. The highest BCUT2D eigenvalue weighted by atomic mass is 32.2. The molecule has 128 valence electrons. The van der Waals surface area contributed by atoms with Gasteiger partial charge in [0.1, 0.15) is 5.69 Å². The summed E-state index contributed by atoms with van der Waals surface area (Å²) in [5, 5.41) is 0.972. The molecule has 2 atom stereocenters. The number of pyridine rings is 1. The lowest BCUT2D eigenvalue weighted by Crippen LogP contribution is -2.42. The van der Waals surface area contributed by atoms with Gasteiger partial charge in [-0.1, -0.05) is 12.1 Å². The molecule has 3 rings (SSSR count). The third-order valence-electron chi connectivity index (χ3n) is 4.11.